The standard InChI is InChI=1S/C16H22N2O3/c1-3-12-8-9-18(14(10-12)15(19)20)16(21)17-13-7-5-4-6-11(13)2/h4-7,12,14H,3,8-10H2,1-2H3,(H,17,21)(H,19,20). The molecule has 0 radical (unpaired) electrons. The quantitative estimate of drug-likeness (QED) is 0.898. The largest absolute Gasteiger partial charge is 0.480 e. The van der Waals surface area contributed by atoms with Gasteiger partial charge in [0.2, 0.25) is 0 Å². The number of carboxylic acids is 1. The van der Waals surface area contributed by atoms with Gasteiger partial charge in [-0.25, -0.2) is 9.59 Å². The van der Waals surface area contributed by atoms with Crippen LogP contribution in [0.3, 0.4) is 0 Å². The number of carbonyl (C=O) groups is 2. The second-order valence-corrected chi connectivity index (χ2v) is 5.59. The number of amides is 2. The lowest BCUT2D eigenvalue weighted by Gasteiger charge is -2.36. The number of nitrogens with one attached hydrogen (secondary N) is 1. The van der Waals surface area contributed by atoms with Crippen LogP contribution in [0.2, 0.25) is 0 Å². The number of anilines is 1. The highest BCUT2D eigenvalue weighted by atomic mass is 16.4. The lowest BCUT2D eigenvalue weighted by Crippen LogP contribution is -2.51. The zero-order valence-corrected chi connectivity index (χ0v) is 12.5. The molecule has 0 bridgehead atoms. The van der Waals surface area contributed by atoms with Crippen molar-refractivity contribution in [2.45, 2.75) is 39.2 Å². The fourth-order valence-electron chi connectivity index (χ4n) is 2.79. The Balaban J connectivity index is 2.10. The van der Waals surface area contributed by atoms with Crippen LogP contribution in [-0.4, -0.2) is 34.6 Å². The average molecular weight is 290 g/mol. The molecule has 114 valence electrons. The fourth-order valence-corrected chi connectivity index (χ4v) is 2.79. The van der Waals surface area contributed by atoms with Crippen LogP contribution in [0.1, 0.15) is 31.7 Å². The number of hydrogen-bond donors (Lipinski definition) is 2. The number of para-hydroxylation sites is 1. The zero-order chi connectivity index (χ0) is 15.4. The second kappa shape index (κ2) is 6.61. The van der Waals surface area contributed by atoms with Gasteiger partial charge in [-0.05, 0) is 37.3 Å². The number of rotatable bonds is 3. The van der Waals surface area contributed by atoms with E-state index in [4.69, 9.17) is 0 Å². The molecule has 21 heavy (non-hydrogen) atoms. The van der Waals surface area contributed by atoms with Crippen molar-refractivity contribution in [2.75, 3.05) is 11.9 Å². The highest BCUT2D eigenvalue weighted by molar-refractivity contribution is 5.93. The van der Waals surface area contributed by atoms with Crippen LogP contribution in [0.5, 0.6) is 0 Å². The van der Waals surface area contributed by atoms with Crippen molar-refractivity contribution >= 4 is 17.7 Å². The van der Waals surface area contributed by atoms with E-state index in [0.717, 1.165) is 24.1 Å². The molecular formula is C16H22N2O3. The molecule has 2 N–H and O–H groups in total. The maximum atomic E-state index is 12.4. The number of benzene rings is 1. The molecule has 1 heterocycles. The molecule has 5 heteroatoms. The highest BCUT2D eigenvalue weighted by Crippen LogP contribution is 2.26. The van der Waals surface area contributed by atoms with E-state index in [1.165, 1.54) is 4.90 Å². The number of piperidine rings is 1. The molecule has 2 rings (SSSR count). The number of carboxylic acid groups (broad SMARTS) is 1. The molecular weight excluding hydrogens is 268 g/mol. The van der Waals surface area contributed by atoms with Gasteiger partial charge in [-0.3, -0.25) is 0 Å². The van der Waals surface area contributed by atoms with E-state index in [-0.39, 0.29) is 6.03 Å². The van der Waals surface area contributed by atoms with Crippen LogP contribution >= 0.6 is 0 Å². The minimum absolute atomic E-state index is 0.328. The van der Waals surface area contributed by atoms with E-state index in [0.29, 0.717) is 18.9 Å². The molecule has 1 saturated heterocycles. The van der Waals surface area contributed by atoms with Gasteiger partial charge in [0, 0.05) is 12.2 Å². The Morgan fingerprint density at radius 3 is 2.71 bits per heavy atom. The average Bonchev–Trinajstić information content (AvgIpc) is 2.48. The molecule has 0 aromatic heterocycles. The summed E-state index contributed by atoms with van der Waals surface area (Å²) in [5.74, 6) is -0.540. The van der Waals surface area contributed by atoms with Crippen molar-refractivity contribution in [1.29, 1.82) is 0 Å². The molecule has 1 aliphatic rings. The Morgan fingerprint density at radius 2 is 2.10 bits per heavy atom. The number of urea groups is 1. The van der Waals surface area contributed by atoms with E-state index in [1.54, 1.807) is 0 Å². The normalized spacial score (nSPS) is 21.9. The SMILES string of the molecule is CCC1CCN(C(=O)Nc2ccccc2C)C(C(=O)O)C1. The summed E-state index contributed by atoms with van der Waals surface area (Å²) in [4.78, 5) is 25.3. The Morgan fingerprint density at radius 1 is 1.38 bits per heavy atom. The van der Waals surface area contributed by atoms with Gasteiger partial charge < -0.3 is 15.3 Å². The highest BCUT2D eigenvalue weighted by Gasteiger charge is 2.35. The number of carbonyl (C=O) groups excluding carboxylic acids is 1. The first kappa shape index (κ1) is 15.4. The maximum absolute atomic E-state index is 12.4. The van der Waals surface area contributed by atoms with E-state index in [2.05, 4.69) is 12.2 Å². The van der Waals surface area contributed by atoms with Gasteiger partial charge in [0.05, 0.1) is 0 Å². The Hall–Kier alpha value is -2.04. The smallest absolute Gasteiger partial charge is 0.326 e. The third-order valence-corrected chi connectivity index (χ3v) is 4.22. The summed E-state index contributed by atoms with van der Waals surface area (Å²) >= 11 is 0. The summed E-state index contributed by atoms with van der Waals surface area (Å²) < 4.78 is 0. The van der Waals surface area contributed by atoms with Crippen LogP contribution < -0.4 is 5.32 Å². The first-order chi connectivity index (χ1) is 10.0. The maximum Gasteiger partial charge on any atom is 0.326 e. The second-order valence-electron chi connectivity index (χ2n) is 5.59. The molecule has 0 aliphatic carbocycles. The number of hydrogen-bond acceptors (Lipinski definition) is 2. The molecule has 0 saturated carbocycles. The summed E-state index contributed by atoms with van der Waals surface area (Å²) in [6.07, 6.45) is 2.35. The van der Waals surface area contributed by atoms with Crippen LogP contribution in [0.25, 0.3) is 0 Å². The van der Waals surface area contributed by atoms with Crippen molar-refractivity contribution in [3.05, 3.63) is 29.8 Å². The monoisotopic (exact) mass is 290 g/mol. The predicted octanol–water partition coefficient (Wildman–Crippen LogP) is 3.10. The van der Waals surface area contributed by atoms with E-state index in [1.807, 2.05) is 31.2 Å². The topological polar surface area (TPSA) is 69.6 Å². The van der Waals surface area contributed by atoms with E-state index < -0.39 is 12.0 Å². The third kappa shape index (κ3) is 3.54. The van der Waals surface area contributed by atoms with E-state index in [9.17, 15) is 14.7 Å². The first-order valence-corrected chi connectivity index (χ1v) is 7.39. The Labute approximate surface area is 125 Å². The molecule has 5 nitrogen and oxygen atoms in total. The summed E-state index contributed by atoms with van der Waals surface area (Å²) in [6.45, 7) is 4.47. The fraction of sp³-hybridized carbons (Fsp3) is 0.500. The van der Waals surface area contributed by atoms with E-state index >= 15 is 0 Å². The van der Waals surface area contributed by atoms with Gasteiger partial charge in [-0.2, -0.15) is 0 Å². The van der Waals surface area contributed by atoms with Gasteiger partial charge >= 0.3 is 12.0 Å². The Kier molecular flexibility index (Phi) is 4.83. The van der Waals surface area contributed by atoms with Gasteiger partial charge in [0.15, 0.2) is 0 Å². The molecule has 1 aliphatic heterocycles. The van der Waals surface area contributed by atoms with Crippen LogP contribution in [-0.2, 0) is 4.79 Å². The lowest BCUT2D eigenvalue weighted by atomic mass is 9.89. The molecule has 2 amide bonds. The van der Waals surface area contributed by atoms with Crippen molar-refractivity contribution in [1.82, 2.24) is 4.90 Å². The van der Waals surface area contributed by atoms with Gasteiger partial charge in [0.25, 0.3) is 0 Å². The Bertz CT molecular complexity index is 530. The van der Waals surface area contributed by atoms with Crippen molar-refractivity contribution in [2.24, 2.45) is 5.92 Å². The molecule has 1 fully saturated rings. The number of aryl methyl sites for hydroxylation is 1. The number of likely N-dealkylation sites (tertiary alicyclic amines) is 1. The molecule has 2 atom stereocenters. The van der Waals surface area contributed by atoms with Crippen LogP contribution in [0.4, 0.5) is 10.5 Å². The van der Waals surface area contributed by atoms with Crippen LogP contribution in [0.15, 0.2) is 24.3 Å². The lowest BCUT2D eigenvalue weighted by molar-refractivity contribution is -0.143. The molecule has 1 aromatic carbocycles. The van der Waals surface area contributed by atoms with Crippen molar-refractivity contribution in [3.8, 4) is 0 Å². The molecule has 0 spiro atoms. The summed E-state index contributed by atoms with van der Waals surface area (Å²) in [5.41, 5.74) is 1.69. The number of aliphatic carboxylic acids is 1. The minimum atomic E-state index is -0.923. The van der Waals surface area contributed by atoms with Gasteiger partial charge in [0.1, 0.15) is 6.04 Å². The molecule has 2 unspecified atom stereocenters. The minimum Gasteiger partial charge on any atom is -0.480 e. The summed E-state index contributed by atoms with van der Waals surface area (Å²) in [5, 5.41) is 12.2. The van der Waals surface area contributed by atoms with Crippen molar-refractivity contribution in [3.63, 3.8) is 0 Å². The molecule has 1 aromatic rings. The van der Waals surface area contributed by atoms with Gasteiger partial charge in [-0.1, -0.05) is 31.5 Å². The zero-order valence-electron chi connectivity index (χ0n) is 12.5. The van der Waals surface area contributed by atoms with Gasteiger partial charge in [-0.15, -0.1) is 0 Å². The third-order valence-electron chi connectivity index (χ3n) is 4.22. The summed E-state index contributed by atoms with van der Waals surface area (Å²) in [6, 6.07) is 6.42. The number of nitrogens with zero attached hydrogens (tertiary/aromatic N) is 1. The predicted molar refractivity (Wildman–Crippen MR) is 81.3 cm³/mol. The first-order valence-electron chi connectivity index (χ1n) is 7.39. The van der Waals surface area contributed by atoms with Crippen molar-refractivity contribution < 1.29 is 14.7 Å². The van der Waals surface area contributed by atoms with Crippen LogP contribution in [0, 0.1) is 12.8 Å². The summed E-state index contributed by atoms with van der Waals surface area (Å²) in [7, 11) is 0.